The van der Waals surface area contributed by atoms with Crippen LogP contribution in [0.3, 0.4) is 0 Å². The third-order valence-electron chi connectivity index (χ3n) is 6.91. The van der Waals surface area contributed by atoms with Crippen molar-refractivity contribution in [1.29, 1.82) is 0 Å². The second kappa shape index (κ2) is 8.04. The summed E-state index contributed by atoms with van der Waals surface area (Å²) in [5.74, 6) is 0.457. The van der Waals surface area contributed by atoms with E-state index in [9.17, 15) is 18.0 Å². The first-order valence-corrected chi connectivity index (χ1v) is 11.7. The van der Waals surface area contributed by atoms with Crippen molar-refractivity contribution >= 4 is 33.4 Å². The topological polar surface area (TPSA) is 94.2 Å². The number of halogens is 3. The van der Waals surface area contributed by atoms with Gasteiger partial charge in [-0.3, -0.25) is 9.78 Å². The summed E-state index contributed by atoms with van der Waals surface area (Å²) in [6, 6.07) is 7.21. The Morgan fingerprint density at radius 3 is 2.69 bits per heavy atom. The minimum absolute atomic E-state index is 0.0552. The van der Waals surface area contributed by atoms with Gasteiger partial charge >= 0.3 is 6.18 Å². The van der Waals surface area contributed by atoms with Crippen LogP contribution in [0.2, 0.25) is 0 Å². The first-order chi connectivity index (χ1) is 17.2. The third kappa shape index (κ3) is 3.77. The Labute approximate surface area is 204 Å². The van der Waals surface area contributed by atoms with Crippen molar-refractivity contribution in [2.24, 2.45) is 5.92 Å². The number of carbonyl (C=O) groups is 1. The van der Waals surface area contributed by atoms with Gasteiger partial charge < -0.3 is 15.4 Å². The first kappa shape index (κ1) is 22.5. The number of fused-ring (bicyclic) bond motifs is 4. The summed E-state index contributed by atoms with van der Waals surface area (Å²) < 4.78 is 45.0. The van der Waals surface area contributed by atoms with Crippen LogP contribution in [0.25, 0.3) is 21.7 Å². The van der Waals surface area contributed by atoms with Crippen molar-refractivity contribution in [3.63, 3.8) is 0 Å². The van der Waals surface area contributed by atoms with Crippen molar-refractivity contribution in [2.45, 2.75) is 32.0 Å². The zero-order valence-corrected chi connectivity index (χ0v) is 19.3. The lowest BCUT2D eigenvalue weighted by Crippen LogP contribution is -2.37. The quantitative estimate of drug-likeness (QED) is 0.399. The van der Waals surface area contributed by atoms with Crippen LogP contribution >= 0.6 is 0 Å². The van der Waals surface area contributed by atoms with E-state index < -0.39 is 17.9 Å². The molecule has 1 atom stereocenters. The number of hydrogen-bond donors (Lipinski definition) is 1. The average Bonchev–Trinajstić information content (AvgIpc) is 3.58. The van der Waals surface area contributed by atoms with E-state index >= 15 is 0 Å². The van der Waals surface area contributed by atoms with Gasteiger partial charge in [0, 0.05) is 46.2 Å². The summed E-state index contributed by atoms with van der Waals surface area (Å²) >= 11 is 0. The molecule has 3 aromatic heterocycles. The summed E-state index contributed by atoms with van der Waals surface area (Å²) in [5, 5.41) is 2.30. The van der Waals surface area contributed by atoms with E-state index in [1.807, 2.05) is 19.1 Å². The van der Waals surface area contributed by atoms with Crippen molar-refractivity contribution in [3.8, 4) is 5.88 Å². The highest BCUT2D eigenvalue weighted by molar-refractivity contribution is 6.12. The Morgan fingerprint density at radius 1 is 1.14 bits per heavy atom. The maximum absolute atomic E-state index is 14.0. The number of benzene rings is 1. The van der Waals surface area contributed by atoms with Crippen molar-refractivity contribution in [3.05, 3.63) is 65.1 Å². The molecule has 184 valence electrons. The van der Waals surface area contributed by atoms with Crippen molar-refractivity contribution < 1.29 is 22.7 Å². The number of alkyl halides is 3. The van der Waals surface area contributed by atoms with Crippen LogP contribution in [0.1, 0.15) is 46.1 Å². The van der Waals surface area contributed by atoms with Crippen LogP contribution in [-0.2, 0) is 6.18 Å². The molecule has 2 aliphatic rings. The molecule has 1 amide bonds. The molecular weight excluding hydrogens is 471 g/mol. The van der Waals surface area contributed by atoms with E-state index in [1.165, 1.54) is 6.07 Å². The van der Waals surface area contributed by atoms with Crippen LogP contribution in [0.15, 0.2) is 42.7 Å². The molecule has 1 aliphatic carbocycles. The van der Waals surface area contributed by atoms with Gasteiger partial charge in [0.15, 0.2) is 0 Å². The Balaban J connectivity index is 1.43. The van der Waals surface area contributed by atoms with E-state index in [2.05, 4.69) is 15.0 Å². The molecule has 1 saturated carbocycles. The van der Waals surface area contributed by atoms with Gasteiger partial charge in [0.05, 0.1) is 11.6 Å². The molecule has 0 spiro atoms. The fourth-order valence-electron chi connectivity index (χ4n) is 4.82. The number of anilines is 1. The lowest BCUT2D eigenvalue weighted by atomic mass is 9.99. The summed E-state index contributed by atoms with van der Waals surface area (Å²) in [6.07, 6.45) is 0.778. The molecule has 36 heavy (non-hydrogen) atoms. The third-order valence-corrected chi connectivity index (χ3v) is 6.91. The van der Waals surface area contributed by atoms with Crippen LogP contribution in [-0.4, -0.2) is 38.9 Å². The number of nitrogen functional groups attached to an aromatic ring is 1. The number of rotatable bonds is 4. The second-order valence-electron chi connectivity index (χ2n) is 9.42. The van der Waals surface area contributed by atoms with Gasteiger partial charge in [0.25, 0.3) is 5.91 Å². The molecule has 0 saturated heterocycles. The van der Waals surface area contributed by atoms with Crippen LogP contribution < -0.4 is 10.5 Å². The molecule has 6 rings (SSSR count). The minimum Gasteiger partial charge on any atom is -0.475 e. The molecule has 1 fully saturated rings. The van der Waals surface area contributed by atoms with Crippen molar-refractivity contribution in [2.75, 3.05) is 18.9 Å². The molecule has 7 nitrogen and oxygen atoms in total. The summed E-state index contributed by atoms with van der Waals surface area (Å²) in [5.41, 5.74) is 7.50. The minimum atomic E-state index is -4.57. The molecule has 1 aliphatic heterocycles. The van der Waals surface area contributed by atoms with Gasteiger partial charge in [-0.05, 0) is 61.6 Å². The molecule has 0 radical (unpaired) electrons. The Bertz CT molecular complexity index is 1530. The van der Waals surface area contributed by atoms with E-state index in [-0.39, 0.29) is 18.4 Å². The number of aromatic nitrogens is 3. The maximum atomic E-state index is 14.0. The fourth-order valence-corrected chi connectivity index (χ4v) is 4.82. The first-order valence-electron chi connectivity index (χ1n) is 11.7. The van der Waals surface area contributed by atoms with E-state index in [0.29, 0.717) is 34.9 Å². The van der Waals surface area contributed by atoms with Crippen LogP contribution in [0, 0.1) is 12.8 Å². The number of pyridine rings is 3. The SMILES string of the molecule is Cc1cc2nc(N)c3ccncc3c2cc1C(=O)N(CC1CC1)[C@@H]1COc2nc(C(F)(F)F)ccc21. The normalized spacial score (nSPS) is 17.3. The number of aryl methyl sites for hydroxylation is 1. The van der Waals surface area contributed by atoms with Gasteiger partial charge in [0.2, 0.25) is 5.88 Å². The second-order valence-corrected chi connectivity index (χ2v) is 9.42. The van der Waals surface area contributed by atoms with Gasteiger partial charge in [-0.15, -0.1) is 0 Å². The number of carbonyl (C=O) groups excluding carboxylic acids is 1. The predicted octanol–water partition coefficient (Wildman–Crippen LogP) is 5.07. The average molecular weight is 493 g/mol. The van der Waals surface area contributed by atoms with Crippen LogP contribution in [0.4, 0.5) is 19.0 Å². The maximum Gasteiger partial charge on any atom is 0.433 e. The monoisotopic (exact) mass is 493 g/mol. The highest BCUT2D eigenvalue weighted by Gasteiger charge is 2.40. The number of amides is 1. The lowest BCUT2D eigenvalue weighted by molar-refractivity contribution is -0.141. The molecular formula is C26H22F3N5O2. The molecule has 0 bridgehead atoms. The van der Waals surface area contributed by atoms with Crippen LogP contribution in [0.5, 0.6) is 5.88 Å². The largest absolute Gasteiger partial charge is 0.475 e. The summed E-state index contributed by atoms with van der Waals surface area (Å²) in [4.78, 5) is 28.1. The molecule has 0 unspecified atom stereocenters. The summed E-state index contributed by atoms with van der Waals surface area (Å²) in [7, 11) is 0. The number of nitrogens with two attached hydrogens (primary N) is 1. The number of nitrogens with zero attached hydrogens (tertiary/aromatic N) is 4. The zero-order chi connectivity index (χ0) is 25.2. The predicted molar refractivity (Wildman–Crippen MR) is 127 cm³/mol. The Morgan fingerprint density at radius 2 is 1.94 bits per heavy atom. The molecule has 1 aromatic carbocycles. The molecule has 2 N–H and O–H groups in total. The van der Waals surface area contributed by atoms with E-state index in [1.54, 1.807) is 23.4 Å². The lowest BCUT2D eigenvalue weighted by Gasteiger charge is -2.29. The van der Waals surface area contributed by atoms with E-state index in [0.717, 1.165) is 40.6 Å². The number of ether oxygens (including phenoxy) is 1. The van der Waals surface area contributed by atoms with Gasteiger partial charge in [0.1, 0.15) is 18.1 Å². The smallest absolute Gasteiger partial charge is 0.433 e. The molecule has 10 heteroatoms. The number of hydrogen-bond acceptors (Lipinski definition) is 6. The van der Waals surface area contributed by atoms with Gasteiger partial charge in [-0.25, -0.2) is 9.97 Å². The Kier molecular flexibility index (Phi) is 5.03. The van der Waals surface area contributed by atoms with Gasteiger partial charge in [-0.1, -0.05) is 0 Å². The fraction of sp³-hybridized carbons (Fsp3) is 0.308. The highest BCUT2D eigenvalue weighted by Crippen LogP contribution is 2.41. The highest BCUT2D eigenvalue weighted by atomic mass is 19.4. The van der Waals surface area contributed by atoms with Crippen molar-refractivity contribution in [1.82, 2.24) is 19.9 Å². The summed E-state index contributed by atoms with van der Waals surface area (Å²) in [6.45, 7) is 2.39. The standard InChI is InChI=1S/C26H22F3N5O2/c1-13-8-20-18(19-10-31-7-6-15(19)23(30)32-20)9-17(13)25(35)34(11-14-2-3-14)21-12-36-24-16(21)4-5-22(33-24)26(27,28)29/h4-10,14,21H,2-3,11-12H2,1H3,(H2,30,32)/t21-/m1/s1. The van der Waals surface area contributed by atoms with Gasteiger partial charge in [-0.2, -0.15) is 13.2 Å². The van der Waals surface area contributed by atoms with E-state index in [4.69, 9.17) is 10.5 Å². The molecule has 4 heterocycles. The Hall–Kier alpha value is -3.95. The zero-order valence-electron chi connectivity index (χ0n) is 19.3. The molecule has 4 aromatic rings.